The molecule has 1 aromatic heterocycles. The molecule has 1 aromatic carbocycles. The van der Waals surface area contributed by atoms with Crippen LogP contribution >= 0.6 is 11.3 Å². The SMILES string of the molecule is Cc1c(C(=O)N2CCCC(C(=O)NCCN)C2)sc2cccc(F)c12. The van der Waals surface area contributed by atoms with E-state index in [0.717, 1.165) is 17.5 Å². The average Bonchev–Trinajstić information content (AvgIpc) is 2.97. The second-order valence-electron chi connectivity index (χ2n) is 6.34. The van der Waals surface area contributed by atoms with Crippen molar-refractivity contribution in [3.05, 3.63) is 34.5 Å². The van der Waals surface area contributed by atoms with Crippen molar-refractivity contribution in [3.63, 3.8) is 0 Å². The summed E-state index contributed by atoms with van der Waals surface area (Å²) < 4.78 is 14.8. The summed E-state index contributed by atoms with van der Waals surface area (Å²) in [6.45, 7) is 3.64. The molecule has 1 atom stereocenters. The summed E-state index contributed by atoms with van der Waals surface area (Å²) in [5.41, 5.74) is 6.09. The van der Waals surface area contributed by atoms with Crippen LogP contribution in [0.25, 0.3) is 10.1 Å². The smallest absolute Gasteiger partial charge is 0.264 e. The number of halogens is 1. The van der Waals surface area contributed by atoms with Gasteiger partial charge in [-0.15, -0.1) is 11.3 Å². The van der Waals surface area contributed by atoms with E-state index in [4.69, 9.17) is 5.73 Å². The highest BCUT2D eigenvalue weighted by Gasteiger charge is 2.30. The van der Waals surface area contributed by atoms with Gasteiger partial charge in [-0.3, -0.25) is 9.59 Å². The Kier molecular flexibility index (Phi) is 5.34. The molecule has 1 saturated heterocycles. The minimum Gasteiger partial charge on any atom is -0.355 e. The van der Waals surface area contributed by atoms with Crippen molar-refractivity contribution >= 4 is 33.2 Å². The van der Waals surface area contributed by atoms with Crippen LogP contribution in [0.4, 0.5) is 4.39 Å². The number of likely N-dealkylation sites (tertiary alicyclic amines) is 1. The van der Waals surface area contributed by atoms with Gasteiger partial charge in [-0.2, -0.15) is 0 Å². The summed E-state index contributed by atoms with van der Waals surface area (Å²) in [5, 5.41) is 3.31. The van der Waals surface area contributed by atoms with Crippen molar-refractivity contribution in [3.8, 4) is 0 Å². The number of carbonyl (C=O) groups is 2. The lowest BCUT2D eigenvalue weighted by Gasteiger charge is -2.32. The molecule has 0 bridgehead atoms. The van der Waals surface area contributed by atoms with E-state index in [1.54, 1.807) is 17.9 Å². The monoisotopic (exact) mass is 363 g/mol. The minimum absolute atomic E-state index is 0.0537. The van der Waals surface area contributed by atoms with Crippen LogP contribution in [0.15, 0.2) is 18.2 Å². The van der Waals surface area contributed by atoms with Crippen LogP contribution < -0.4 is 11.1 Å². The predicted molar refractivity (Wildman–Crippen MR) is 97.2 cm³/mol. The first-order valence-electron chi connectivity index (χ1n) is 8.47. The van der Waals surface area contributed by atoms with Gasteiger partial charge in [-0.1, -0.05) is 6.07 Å². The molecule has 3 N–H and O–H groups in total. The Morgan fingerprint density at radius 1 is 1.44 bits per heavy atom. The first-order valence-corrected chi connectivity index (χ1v) is 9.29. The zero-order valence-corrected chi connectivity index (χ0v) is 15.0. The molecule has 0 saturated carbocycles. The number of piperidine rings is 1. The maximum absolute atomic E-state index is 14.1. The summed E-state index contributed by atoms with van der Waals surface area (Å²) in [7, 11) is 0. The number of fused-ring (bicyclic) bond motifs is 1. The summed E-state index contributed by atoms with van der Waals surface area (Å²) in [4.78, 5) is 27.4. The number of benzene rings is 1. The molecule has 0 spiro atoms. The number of nitrogens with two attached hydrogens (primary N) is 1. The highest BCUT2D eigenvalue weighted by atomic mass is 32.1. The van der Waals surface area contributed by atoms with Gasteiger partial charge in [0.05, 0.1) is 10.8 Å². The number of aryl methyl sites for hydroxylation is 1. The summed E-state index contributed by atoms with van der Waals surface area (Å²) in [5.74, 6) is -0.685. The molecule has 1 aliphatic rings. The lowest BCUT2D eigenvalue weighted by Crippen LogP contribution is -2.46. The van der Waals surface area contributed by atoms with Crippen LogP contribution in [0.1, 0.15) is 28.1 Å². The Bertz CT molecular complexity index is 805. The fraction of sp³-hybridized carbons (Fsp3) is 0.444. The van der Waals surface area contributed by atoms with Gasteiger partial charge < -0.3 is 16.0 Å². The van der Waals surface area contributed by atoms with E-state index in [0.29, 0.717) is 42.0 Å². The van der Waals surface area contributed by atoms with E-state index >= 15 is 0 Å². The van der Waals surface area contributed by atoms with Crippen LogP contribution in [0.3, 0.4) is 0 Å². The molecule has 5 nitrogen and oxygen atoms in total. The summed E-state index contributed by atoms with van der Waals surface area (Å²) in [6, 6.07) is 4.89. The first kappa shape index (κ1) is 17.8. The molecular weight excluding hydrogens is 341 g/mol. The second-order valence-corrected chi connectivity index (χ2v) is 7.39. The molecule has 3 rings (SSSR count). The van der Waals surface area contributed by atoms with Crippen molar-refractivity contribution in [1.82, 2.24) is 10.2 Å². The van der Waals surface area contributed by atoms with Crippen molar-refractivity contribution in [2.45, 2.75) is 19.8 Å². The quantitative estimate of drug-likeness (QED) is 0.875. The van der Waals surface area contributed by atoms with Gasteiger partial charge in [0.15, 0.2) is 0 Å². The van der Waals surface area contributed by atoms with Crippen LogP contribution in [-0.2, 0) is 4.79 Å². The number of nitrogens with one attached hydrogen (secondary N) is 1. The molecule has 0 radical (unpaired) electrons. The first-order chi connectivity index (χ1) is 12.0. The fourth-order valence-corrected chi connectivity index (χ4v) is 4.51. The van der Waals surface area contributed by atoms with Gasteiger partial charge in [-0.25, -0.2) is 4.39 Å². The third kappa shape index (κ3) is 3.52. The topological polar surface area (TPSA) is 75.4 Å². The fourth-order valence-electron chi connectivity index (χ4n) is 3.32. The standard InChI is InChI=1S/C18H22FN3O2S/c1-11-15-13(19)5-2-6-14(15)25-16(11)18(24)22-9-3-4-12(10-22)17(23)21-8-7-20/h2,5-6,12H,3-4,7-10,20H2,1H3,(H,21,23). The Balaban J connectivity index is 1.80. The molecule has 2 aromatic rings. The number of hydrogen-bond donors (Lipinski definition) is 2. The van der Waals surface area contributed by atoms with Gasteiger partial charge in [0, 0.05) is 36.3 Å². The maximum atomic E-state index is 14.1. The second kappa shape index (κ2) is 7.49. The van der Waals surface area contributed by atoms with E-state index < -0.39 is 0 Å². The zero-order chi connectivity index (χ0) is 18.0. The van der Waals surface area contributed by atoms with Crippen molar-refractivity contribution in [2.24, 2.45) is 11.7 Å². The molecule has 1 unspecified atom stereocenters. The van der Waals surface area contributed by atoms with E-state index in [2.05, 4.69) is 5.32 Å². The van der Waals surface area contributed by atoms with Crippen LogP contribution in [-0.4, -0.2) is 42.9 Å². The molecule has 0 aliphatic carbocycles. The number of thiophene rings is 1. The molecule has 134 valence electrons. The third-order valence-electron chi connectivity index (χ3n) is 4.62. The minimum atomic E-state index is -0.303. The van der Waals surface area contributed by atoms with Crippen LogP contribution in [0.2, 0.25) is 0 Å². The summed E-state index contributed by atoms with van der Waals surface area (Å²) in [6.07, 6.45) is 1.55. The Morgan fingerprint density at radius 2 is 2.24 bits per heavy atom. The Hall–Kier alpha value is -1.99. The molecule has 25 heavy (non-hydrogen) atoms. The predicted octanol–water partition coefficient (Wildman–Crippen LogP) is 2.28. The largest absolute Gasteiger partial charge is 0.355 e. The number of hydrogen-bond acceptors (Lipinski definition) is 4. The molecule has 2 amide bonds. The maximum Gasteiger partial charge on any atom is 0.264 e. The van der Waals surface area contributed by atoms with Gasteiger partial charge >= 0.3 is 0 Å². The Morgan fingerprint density at radius 3 is 2.96 bits per heavy atom. The normalized spacial score (nSPS) is 17.7. The van der Waals surface area contributed by atoms with E-state index in [1.165, 1.54) is 17.4 Å². The van der Waals surface area contributed by atoms with E-state index in [-0.39, 0.29) is 23.5 Å². The number of carbonyl (C=O) groups excluding carboxylic acids is 2. The van der Waals surface area contributed by atoms with Gasteiger partial charge in [0.1, 0.15) is 5.82 Å². The zero-order valence-electron chi connectivity index (χ0n) is 14.2. The van der Waals surface area contributed by atoms with Gasteiger partial charge in [0.2, 0.25) is 5.91 Å². The molecule has 1 fully saturated rings. The number of amides is 2. The highest BCUT2D eigenvalue weighted by molar-refractivity contribution is 7.21. The number of rotatable bonds is 4. The summed E-state index contributed by atoms with van der Waals surface area (Å²) >= 11 is 1.32. The van der Waals surface area contributed by atoms with Crippen LogP contribution in [0.5, 0.6) is 0 Å². The van der Waals surface area contributed by atoms with Crippen molar-refractivity contribution in [1.29, 1.82) is 0 Å². The highest BCUT2D eigenvalue weighted by Crippen LogP contribution is 2.34. The van der Waals surface area contributed by atoms with E-state index in [1.807, 2.05) is 6.07 Å². The van der Waals surface area contributed by atoms with Gasteiger partial charge in [-0.05, 0) is 37.5 Å². The van der Waals surface area contributed by atoms with Crippen LogP contribution in [0, 0.1) is 18.7 Å². The average molecular weight is 363 g/mol. The van der Waals surface area contributed by atoms with Crippen molar-refractivity contribution < 1.29 is 14.0 Å². The molecule has 7 heteroatoms. The lowest BCUT2D eigenvalue weighted by atomic mass is 9.96. The number of nitrogens with zero attached hydrogens (tertiary/aromatic N) is 1. The lowest BCUT2D eigenvalue weighted by molar-refractivity contribution is -0.126. The molecular formula is C18H22FN3O2S. The molecule has 1 aliphatic heterocycles. The molecule has 2 heterocycles. The van der Waals surface area contributed by atoms with E-state index in [9.17, 15) is 14.0 Å². The van der Waals surface area contributed by atoms with Crippen molar-refractivity contribution in [2.75, 3.05) is 26.2 Å². The third-order valence-corrected chi connectivity index (χ3v) is 5.87. The van der Waals surface area contributed by atoms with Gasteiger partial charge in [0.25, 0.3) is 5.91 Å². The Labute approximate surface area is 150 Å².